The largest absolute Gasteiger partial charge is 0.323 e. The number of hydrogen-bond acceptors (Lipinski definition) is 1. The Balaban J connectivity index is 1.96. The Morgan fingerprint density at radius 1 is 1.07 bits per heavy atom. The third-order valence-corrected chi connectivity index (χ3v) is 5.17. The Hall–Kier alpha value is -2.61. The van der Waals surface area contributed by atoms with E-state index in [0.717, 1.165) is 11.3 Å². The monoisotopic (exact) mass is 375 g/mol. The van der Waals surface area contributed by atoms with Gasteiger partial charge in [0.25, 0.3) is 0 Å². The minimum atomic E-state index is -0.115. The summed E-state index contributed by atoms with van der Waals surface area (Å²) in [4.78, 5) is 12.0. The summed E-state index contributed by atoms with van der Waals surface area (Å²) in [6, 6.07) is 9.48. The molecule has 28 heavy (non-hydrogen) atoms. The smallest absolute Gasteiger partial charge is 0.248 e. The Morgan fingerprint density at radius 2 is 1.79 bits per heavy atom. The highest BCUT2D eigenvalue weighted by Crippen LogP contribution is 2.40. The van der Waals surface area contributed by atoms with E-state index in [1.54, 1.807) is 6.08 Å². The number of rotatable bonds is 6. The Bertz CT molecular complexity index is 832. The summed E-state index contributed by atoms with van der Waals surface area (Å²) in [5, 5.41) is 2.86. The molecule has 1 aliphatic rings. The molecule has 2 heteroatoms. The van der Waals surface area contributed by atoms with E-state index in [1.165, 1.54) is 36.0 Å². The van der Waals surface area contributed by atoms with E-state index in [4.69, 9.17) is 0 Å². The van der Waals surface area contributed by atoms with Gasteiger partial charge in [0.05, 0.1) is 0 Å². The molecule has 0 saturated heterocycles. The standard InChI is InChI=1S/C26H33NO/c1-20(16-17-24-22(3)13-10-18-26(24,4)5)11-9-12-21(2)19-25(28)27-23-14-7-6-8-15-23/h6-9,11-12,14-17,19H,10,13,18H2,1-5H3,(H,27,28)/b12-9+,17-16+,20-11-,21-19-. The number of benzene rings is 1. The summed E-state index contributed by atoms with van der Waals surface area (Å²) in [5.74, 6) is -0.115. The van der Waals surface area contributed by atoms with Gasteiger partial charge in [-0.15, -0.1) is 0 Å². The van der Waals surface area contributed by atoms with Crippen molar-refractivity contribution in [2.45, 2.75) is 53.9 Å². The lowest BCUT2D eigenvalue weighted by Gasteiger charge is -2.32. The van der Waals surface area contributed by atoms with Gasteiger partial charge in [0.2, 0.25) is 5.91 Å². The second-order valence-corrected chi connectivity index (χ2v) is 8.28. The van der Waals surface area contributed by atoms with E-state index in [9.17, 15) is 4.79 Å². The zero-order chi connectivity index (χ0) is 20.6. The van der Waals surface area contributed by atoms with Crippen LogP contribution in [0.2, 0.25) is 0 Å². The van der Waals surface area contributed by atoms with Gasteiger partial charge in [-0.1, -0.05) is 73.6 Å². The van der Waals surface area contributed by atoms with Gasteiger partial charge < -0.3 is 5.32 Å². The van der Waals surface area contributed by atoms with Gasteiger partial charge in [0.1, 0.15) is 0 Å². The number of allylic oxidation sites excluding steroid dienone is 9. The number of amides is 1. The van der Waals surface area contributed by atoms with Gasteiger partial charge in [-0.05, 0) is 68.7 Å². The summed E-state index contributed by atoms with van der Waals surface area (Å²) in [7, 11) is 0. The zero-order valence-corrected chi connectivity index (χ0v) is 17.9. The number of nitrogens with one attached hydrogen (secondary N) is 1. The summed E-state index contributed by atoms with van der Waals surface area (Å²) in [6.07, 6.45) is 15.9. The molecule has 1 aliphatic carbocycles. The zero-order valence-electron chi connectivity index (χ0n) is 17.9. The van der Waals surface area contributed by atoms with Crippen molar-refractivity contribution in [3.05, 3.63) is 89.1 Å². The summed E-state index contributed by atoms with van der Waals surface area (Å²) < 4.78 is 0. The normalized spacial score (nSPS) is 18.2. The maximum Gasteiger partial charge on any atom is 0.248 e. The number of anilines is 1. The molecule has 0 unspecified atom stereocenters. The third kappa shape index (κ3) is 6.84. The third-order valence-electron chi connectivity index (χ3n) is 5.17. The van der Waals surface area contributed by atoms with Crippen LogP contribution in [0.4, 0.5) is 5.69 Å². The van der Waals surface area contributed by atoms with E-state index >= 15 is 0 Å². The quantitative estimate of drug-likeness (QED) is 0.415. The number of hydrogen-bond donors (Lipinski definition) is 1. The van der Waals surface area contributed by atoms with Crippen molar-refractivity contribution >= 4 is 11.6 Å². The second kappa shape index (κ2) is 10.1. The van der Waals surface area contributed by atoms with E-state index in [-0.39, 0.29) is 11.3 Å². The maximum absolute atomic E-state index is 12.0. The number of carbonyl (C=O) groups excluding carboxylic acids is 1. The van der Waals surface area contributed by atoms with Gasteiger partial charge in [-0.3, -0.25) is 4.79 Å². The van der Waals surface area contributed by atoms with Crippen LogP contribution < -0.4 is 5.32 Å². The molecule has 1 aromatic carbocycles. The molecule has 0 aliphatic heterocycles. The average Bonchev–Trinajstić information content (AvgIpc) is 2.61. The minimum absolute atomic E-state index is 0.115. The molecule has 1 amide bonds. The van der Waals surface area contributed by atoms with Crippen LogP contribution in [0.25, 0.3) is 0 Å². The van der Waals surface area contributed by atoms with Gasteiger partial charge >= 0.3 is 0 Å². The van der Waals surface area contributed by atoms with E-state index in [0.29, 0.717) is 0 Å². The van der Waals surface area contributed by atoms with Crippen LogP contribution in [0.3, 0.4) is 0 Å². The highest BCUT2D eigenvalue weighted by Gasteiger charge is 2.26. The van der Waals surface area contributed by atoms with Gasteiger partial charge in [-0.25, -0.2) is 0 Å². The maximum atomic E-state index is 12.0. The van der Waals surface area contributed by atoms with Crippen LogP contribution in [0.1, 0.15) is 53.9 Å². The Kier molecular flexibility index (Phi) is 7.80. The van der Waals surface area contributed by atoms with E-state index in [2.05, 4.69) is 51.2 Å². The van der Waals surface area contributed by atoms with Gasteiger partial charge in [0, 0.05) is 11.8 Å². The Morgan fingerprint density at radius 3 is 2.46 bits per heavy atom. The minimum Gasteiger partial charge on any atom is -0.323 e. The molecule has 1 N–H and O–H groups in total. The van der Waals surface area contributed by atoms with Crippen LogP contribution in [-0.2, 0) is 4.79 Å². The van der Waals surface area contributed by atoms with Crippen LogP contribution >= 0.6 is 0 Å². The van der Waals surface area contributed by atoms with Crippen molar-refractivity contribution in [2.24, 2.45) is 5.41 Å². The highest BCUT2D eigenvalue weighted by molar-refractivity contribution is 5.99. The fourth-order valence-corrected chi connectivity index (χ4v) is 3.59. The van der Waals surface area contributed by atoms with E-state index in [1.807, 2.05) is 49.4 Å². The van der Waals surface area contributed by atoms with Crippen molar-refractivity contribution in [1.82, 2.24) is 0 Å². The first-order valence-corrected chi connectivity index (χ1v) is 10.1. The molecule has 0 heterocycles. The molecular formula is C26H33NO. The van der Waals surface area contributed by atoms with Gasteiger partial charge in [0.15, 0.2) is 0 Å². The fourth-order valence-electron chi connectivity index (χ4n) is 3.59. The predicted molar refractivity (Wildman–Crippen MR) is 121 cm³/mol. The molecule has 1 aromatic rings. The molecule has 2 rings (SSSR count). The van der Waals surface area contributed by atoms with Crippen LogP contribution in [-0.4, -0.2) is 5.91 Å². The number of para-hydroxylation sites is 1. The lowest BCUT2D eigenvalue weighted by atomic mass is 9.72. The second-order valence-electron chi connectivity index (χ2n) is 8.28. The summed E-state index contributed by atoms with van der Waals surface area (Å²) >= 11 is 0. The van der Waals surface area contributed by atoms with Crippen molar-refractivity contribution in [1.29, 1.82) is 0 Å². The molecule has 0 spiro atoms. The molecule has 0 atom stereocenters. The van der Waals surface area contributed by atoms with Crippen molar-refractivity contribution < 1.29 is 4.79 Å². The first-order valence-electron chi connectivity index (χ1n) is 10.1. The highest BCUT2D eigenvalue weighted by atomic mass is 16.1. The molecule has 0 aromatic heterocycles. The lowest BCUT2D eigenvalue weighted by Crippen LogP contribution is -2.19. The fraction of sp³-hybridized carbons (Fsp3) is 0.346. The van der Waals surface area contributed by atoms with E-state index < -0.39 is 0 Å². The lowest BCUT2D eigenvalue weighted by molar-refractivity contribution is -0.111. The van der Waals surface area contributed by atoms with Crippen molar-refractivity contribution in [2.75, 3.05) is 5.32 Å². The first-order chi connectivity index (χ1) is 13.3. The average molecular weight is 376 g/mol. The topological polar surface area (TPSA) is 29.1 Å². The van der Waals surface area contributed by atoms with Crippen LogP contribution in [0.5, 0.6) is 0 Å². The molecule has 148 valence electrons. The van der Waals surface area contributed by atoms with Crippen molar-refractivity contribution in [3.63, 3.8) is 0 Å². The predicted octanol–water partition coefficient (Wildman–Crippen LogP) is 7.16. The first kappa shape index (κ1) is 21.7. The Labute approximate surface area is 170 Å². The van der Waals surface area contributed by atoms with Crippen molar-refractivity contribution in [3.8, 4) is 0 Å². The molecule has 0 fully saturated rings. The van der Waals surface area contributed by atoms with Gasteiger partial charge in [-0.2, -0.15) is 0 Å². The number of carbonyl (C=O) groups is 1. The summed E-state index contributed by atoms with van der Waals surface area (Å²) in [6.45, 7) is 11.0. The molecular weight excluding hydrogens is 342 g/mol. The van der Waals surface area contributed by atoms with Crippen LogP contribution in [0.15, 0.2) is 89.1 Å². The molecule has 0 bridgehead atoms. The molecule has 2 nitrogen and oxygen atoms in total. The molecule has 0 saturated carbocycles. The SMILES string of the molecule is CC1=C(/C=C/C(C)=C\C=C\C(C)=C/C(=O)Nc2ccccc2)C(C)(C)CCC1. The van der Waals surface area contributed by atoms with Crippen LogP contribution in [0, 0.1) is 5.41 Å². The molecule has 0 radical (unpaired) electrons. The summed E-state index contributed by atoms with van der Waals surface area (Å²) in [5.41, 5.74) is 6.16.